The molecule has 0 radical (unpaired) electrons. The minimum atomic E-state index is -0.792. The van der Waals surface area contributed by atoms with Crippen LogP contribution in [0.1, 0.15) is 11.1 Å². The molecule has 0 unspecified atom stereocenters. The number of rotatable bonds is 4. The summed E-state index contributed by atoms with van der Waals surface area (Å²) in [5.74, 6) is -0.891. The van der Waals surface area contributed by atoms with E-state index < -0.39 is 15.8 Å². The van der Waals surface area contributed by atoms with Crippen LogP contribution in [0, 0.1) is 20.2 Å². The van der Waals surface area contributed by atoms with Crippen LogP contribution < -0.4 is 0 Å². The Hall–Kier alpha value is -3.88. The summed E-state index contributed by atoms with van der Waals surface area (Å²) in [7, 11) is 0. The molecule has 0 aliphatic carbocycles. The number of nitro groups is 2. The maximum atomic E-state index is 12.0. The van der Waals surface area contributed by atoms with Crippen molar-refractivity contribution in [3.05, 3.63) is 85.6 Å². The summed E-state index contributed by atoms with van der Waals surface area (Å²) in [5.41, 5.74) is -0.0259. The van der Waals surface area contributed by atoms with E-state index in [0.717, 1.165) is 0 Å². The first-order chi connectivity index (χ1) is 12.0. The van der Waals surface area contributed by atoms with Gasteiger partial charge in [0.1, 0.15) is 0 Å². The molecule has 0 saturated carbocycles. The standard InChI is InChI=1S/C16H9N3O6/c20-16-13(9-10-4-1-2-7-14(10)19(23)24)17-15(25-16)11-5-3-6-12(8-11)18(21)22/h1-9H. The molecular formula is C16H9N3O6. The lowest BCUT2D eigenvalue weighted by Gasteiger charge is -1.98. The molecule has 0 atom stereocenters. The number of carbonyl (C=O) groups excluding carboxylic acids is 1. The fourth-order valence-electron chi connectivity index (χ4n) is 2.21. The van der Waals surface area contributed by atoms with Gasteiger partial charge >= 0.3 is 5.97 Å². The van der Waals surface area contributed by atoms with E-state index in [4.69, 9.17) is 4.74 Å². The van der Waals surface area contributed by atoms with E-state index in [0.29, 0.717) is 0 Å². The average molecular weight is 339 g/mol. The summed E-state index contributed by atoms with van der Waals surface area (Å²) < 4.78 is 5.02. The third kappa shape index (κ3) is 3.24. The molecule has 1 aliphatic rings. The number of ether oxygens (including phenoxy) is 1. The van der Waals surface area contributed by atoms with Crippen molar-refractivity contribution >= 4 is 29.3 Å². The quantitative estimate of drug-likeness (QED) is 0.365. The van der Waals surface area contributed by atoms with Crippen molar-refractivity contribution in [2.75, 3.05) is 0 Å². The number of aliphatic imine (C=N–C) groups is 1. The Morgan fingerprint density at radius 2 is 1.76 bits per heavy atom. The van der Waals surface area contributed by atoms with Crippen molar-refractivity contribution < 1.29 is 19.4 Å². The zero-order chi connectivity index (χ0) is 18.0. The van der Waals surface area contributed by atoms with Gasteiger partial charge < -0.3 is 4.74 Å². The van der Waals surface area contributed by atoms with Crippen molar-refractivity contribution in [1.29, 1.82) is 0 Å². The molecule has 9 nitrogen and oxygen atoms in total. The van der Waals surface area contributed by atoms with Gasteiger partial charge in [-0.1, -0.05) is 18.2 Å². The van der Waals surface area contributed by atoms with E-state index >= 15 is 0 Å². The number of carbonyl (C=O) groups is 1. The van der Waals surface area contributed by atoms with Crippen LogP contribution in [0.25, 0.3) is 6.08 Å². The van der Waals surface area contributed by atoms with E-state index in [1.54, 1.807) is 6.07 Å². The summed E-state index contributed by atoms with van der Waals surface area (Å²) in [4.78, 5) is 36.6. The monoisotopic (exact) mass is 339 g/mol. The predicted octanol–water partition coefficient (Wildman–Crippen LogP) is 2.85. The number of esters is 1. The molecule has 124 valence electrons. The molecule has 2 aromatic carbocycles. The van der Waals surface area contributed by atoms with Crippen LogP contribution in [0.4, 0.5) is 11.4 Å². The first kappa shape index (κ1) is 16.0. The van der Waals surface area contributed by atoms with Gasteiger partial charge in [-0.15, -0.1) is 0 Å². The summed E-state index contributed by atoms with van der Waals surface area (Å²) in [5, 5.41) is 21.8. The van der Waals surface area contributed by atoms with Crippen molar-refractivity contribution in [1.82, 2.24) is 0 Å². The van der Waals surface area contributed by atoms with Gasteiger partial charge in [-0.2, -0.15) is 0 Å². The van der Waals surface area contributed by atoms with E-state index in [2.05, 4.69) is 4.99 Å². The van der Waals surface area contributed by atoms with Gasteiger partial charge in [0.05, 0.1) is 15.4 Å². The molecule has 3 rings (SSSR count). The summed E-state index contributed by atoms with van der Waals surface area (Å²) in [6.45, 7) is 0. The highest BCUT2D eigenvalue weighted by atomic mass is 16.6. The van der Waals surface area contributed by atoms with E-state index in [-0.39, 0.29) is 34.1 Å². The molecule has 0 fully saturated rings. The molecular weight excluding hydrogens is 330 g/mol. The fourth-order valence-corrected chi connectivity index (χ4v) is 2.21. The molecule has 0 saturated heterocycles. The highest BCUT2D eigenvalue weighted by Crippen LogP contribution is 2.25. The van der Waals surface area contributed by atoms with Gasteiger partial charge in [0, 0.05) is 23.8 Å². The Labute approximate surface area is 140 Å². The Morgan fingerprint density at radius 1 is 1.00 bits per heavy atom. The van der Waals surface area contributed by atoms with Gasteiger partial charge in [-0.25, -0.2) is 9.79 Å². The maximum absolute atomic E-state index is 12.0. The summed E-state index contributed by atoms with van der Waals surface area (Å²) in [6, 6.07) is 11.3. The minimum Gasteiger partial charge on any atom is -0.402 e. The largest absolute Gasteiger partial charge is 0.402 e. The second-order valence-electron chi connectivity index (χ2n) is 4.96. The predicted molar refractivity (Wildman–Crippen MR) is 86.8 cm³/mol. The Balaban J connectivity index is 2.00. The molecule has 25 heavy (non-hydrogen) atoms. The lowest BCUT2D eigenvalue weighted by atomic mass is 10.1. The normalized spacial score (nSPS) is 15.0. The minimum absolute atomic E-state index is 0.0986. The van der Waals surface area contributed by atoms with Gasteiger partial charge in [-0.05, 0) is 18.2 Å². The summed E-state index contributed by atoms with van der Waals surface area (Å²) in [6.07, 6.45) is 1.24. The number of non-ortho nitro benzene ring substituents is 1. The van der Waals surface area contributed by atoms with Crippen molar-refractivity contribution in [3.8, 4) is 0 Å². The van der Waals surface area contributed by atoms with E-state index in [1.165, 1.54) is 48.5 Å². The number of hydrogen-bond acceptors (Lipinski definition) is 7. The summed E-state index contributed by atoms with van der Waals surface area (Å²) >= 11 is 0. The third-order valence-electron chi connectivity index (χ3n) is 3.35. The number of nitro benzene ring substituents is 2. The van der Waals surface area contributed by atoms with Gasteiger partial charge in [-0.3, -0.25) is 20.2 Å². The topological polar surface area (TPSA) is 125 Å². The zero-order valence-corrected chi connectivity index (χ0v) is 12.5. The van der Waals surface area contributed by atoms with Crippen molar-refractivity contribution in [2.24, 2.45) is 4.99 Å². The highest BCUT2D eigenvalue weighted by Gasteiger charge is 2.26. The molecule has 0 N–H and O–H groups in total. The Kier molecular flexibility index (Phi) is 4.04. The van der Waals surface area contributed by atoms with Gasteiger partial charge in [0.15, 0.2) is 5.70 Å². The highest BCUT2D eigenvalue weighted by molar-refractivity contribution is 6.13. The molecule has 1 heterocycles. The molecule has 2 aromatic rings. The van der Waals surface area contributed by atoms with E-state index in [9.17, 15) is 25.0 Å². The first-order valence-electron chi connectivity index (χ1n) is 6.96. The number of hydrogen-bond donors (Lipinski definition) is 0. The fraction of sp³-hybridized carbons (Fsp3) is 0. The van der Waals surface area contributed by atoms with E-state index in [1.807, 2.05) is 0 Å². The van der Waals surface area contributed by atoms with Crippen LogP contribution in [-0.4, -0.2) is 21.7 Å². The third-order valence-corrected chi connectivity index (χ3v) is 3.35. The number of para-hydroxylation sites is 1. The zero-order valence-electron chi connectivity index (χ0n) is 12.5. The molecule has 0 spiro atoms. The van der Waals surface area contributed by atoms with Crippen LogP contribution in [0.3, 0.4) is 0 Å². The van der Waals surface area contributed by atoms with Crippen molar-refractivity contribution in [2.45, 2.75) is 0 Å². The van der Waals surface area contributed by atoms with Gasteiger partial charge in [0.25, 0.3) is 11.4 Å². The maximum Gasteiger partial charge on any atom is 0.363 e. The number of cyclic esters (lactones) is 1. The van der Waals surface area contributed by atoms with Gasteiger partial charge in [0.2, 0.25) is 5.90 Å². The molecule has 0 aromatic heterocycles. The Bertz CT molecular complexity index is 964. The second-order valence-corrected chi connectivity index (χ2v) is 4.96. The molecule has 1 aliphatic heterocycles. The van der Waals surface area contributed by atoms with Crippen LogP contribution in [0.2, 0.25) is 0 Å². The Morgan fingerprint density at radius 3 is 2.48 bits per heavy atom. The number of benzene rings is 2. The SMILES string of the molecule is O=C1OC(c2cccc([N+](=O)[O-])c2)=NC1=Cc1ccccc1[N+](=O)[O-]. The molecule has 0 amide bonds. The van der Waals surface area contributed by atoms with Crippen LogP contribution >= 0.6 is 0 Å². The molecule has 0 bridgehead atoms. The van der Waals surface area contributed by atoms with Crippen LogP contribution in [-0.2, 0) is 9.53 Å². The second kappa shape index (κ2) is 6.32. The van der Waals surface area contributed by atoms with Crippen LogP contribution in [0.15, 0.2) is 59.2 Å². The van der Waals surface area contributed by atoms with Crippen molar-refractivity contribution in [3.63, 3.8) is 0 Å². The lowest BCUT2D eigenvalue weighted by molar-refractivity contribution is -0.385. The number of nitrogens with zero attached hydrogens (tertiary/aromatic N) is 3. The smallest absolute Gasteiger partial charge is 0.363 e. The lowest BCUT2D eigenvalue weighted by Crippen LogP contribution is -2.05. The molecule has 9 heteroatoms. The average Bonchev–Trinajstić information content (AvgIpc) is 2.96. The van der Waals surface area contributed by atoms with Crippen LogP contribution in [0.5, 0.6) is 0 Å². The first-order valence-corrected chi connectivity index (χ1v) is 6.96.